The summed E-state index contributed by atoms with van der Waals surface area (Å²) >= 11 is 0. The second kappa shape index (κ2) is 8.00. The Balaban J connectivity index is 2.62. The van der Waals surface area contributed by atoms with Crippen molar-refractivity contribution in [2.75, 3.05) is 26.7 Å². The number of methoxy groups -OCH3 is 1. The normalized spacial score (nSPS) is 12.8. The van der Waals surface area contributed by atoms with Crippen LogP contribution in [-0.2, 0) is 4.74 Å². The van der Waals surface area contributed by atoms with E-state index in [4.69, 9.17) is 4.74 Å². The van der Waals surface area contributed by atoms with Crippen LogP contribution >= 0.6 is 0 Å². The molecule has 22 heavy (non-hydrogen) atoms. The lowest BCUT2D eigenvalue weighted by Gasteiger charge is -2.28. The van der Waals surface area contributed by atoms with E-state index < -0.39 is 11.7 Å². The molecule has 1 unspecified atom stereocenters. The number of urea groups is 1. The maximum Gasteiger partial charge on any atom is 0.317 e. The molecule has 0 bridgehead atoms. The molecule has 6 heteroatoms. The first-order valence-corrected chi connectivity index (χ1v) is 7.34. The summed E-state index contributed by atoms with van der Waals surface area (Å²) in [6, 6.07) is 6.14. The molecule has 1 aromatic carbocycles. The maximum absolute atomic E-state index is 12.2. The summed E-state index contributed by atoms with van der Waals surface area (Å²) in [4.78, 5) is 13.7. The van der Waals surface area contributed by atoms with E-state index in [9.17, 15) is 15.0 Å². The SMILES string of the molecule is CCN(CC(O)c1cccc(O)c1)C(=O)NCC(C)(C)OC. The van der Waals surface area contributed by atoms with Crippen LogP contribution in [0.1, 0.15) is 32.4 Å². The fraction of sp³-hybridized carbons (Fsp3) is 0.562. The maximum atomic E-state index is 12.2. The van der Waals surface area contributed by atoms with Crippen molar-refractivity contribution in [3.05, 3.63) is 29.8 Å². The number of benzene rings is 1. The van der Waals surface area contributed by atoms with Crippen molar-refractivity contribution < 1.29 is 19.7 Å². The van der Waals surface area contributed by atoms with E-state index in [1.807, 2.05) is 20.8 Å². The Hall–Kier alpha value is -1.79. The van der Waals surface area contributed by atoms with Crippen molar-refractivity contribution in [3.8, 4) is 5.75 Å². The van der Waals surface area contributed by atoms with Crippen LogP contribution in [-0.4, -0.2) is 53.5 Å². The van der Waals surface area contributed by atoms with Gasteiger partial charge in [0.15, 0.2) is 0 Å². The van der Waals surface area contributed by atoms with Crippen LogP contribution in [0, 0.1) is 0 Å². The molecule has 1 rings (SSSR count). The highest BCUT2D eigenvalue weighted by Gasteiger charge is 2.21. The Bertz CT molecular complexity index is 491. The van der Waals surface area contributed by atoms with E-state index in [-0.39, 0.29) is 18.3 Å². The predicted octanol–water partition coefficient (Wildman–Crippen LogP) is 1.88. The number of nitrogens with zero attached hydrogens (tertiary/aromatic N) is 1. The average Bonchev–Trinajstić information content (AvgIpc) is 2.50. The van der Waals surface area contributed by atoms with Crippen molar-refractivity contribution in [3.63, 3.8) is 0 Å². The van der Waals surface area contributed by atoms with Gasteiger partial charge >= 0.3 is 6.03 Å². The Kier molecular flexibility index (Phi) is 6.64. The van der Waals surface area contributed by atoms with Crippen LogP contribution in [0.5, 0.6) is 5.75 Å². The highest BCUT2D eigenvalue weighted by atomic mass is 16.5. The number of ether oxygens (including phenoxy) is 1. The smallest absolute Gasteiger partial charge is 0.317 e. The van der Waals surface area contributed by atoms with Crippen LogP contribution in [0.4, 0.5) is 4.79 Å². The number of hydrogen-bond acceptors (Lipinski definition) is 4. The third-order valence-corrected chi connectivity index (χ3v) is 3.54. The number of phenols is 1. The van der Waals surface area contributed by atoms with Gasteiger partial charge in [-0.1, -0.05) is 12.1 Å². The lowest BCUT2D eigenvalue weighted by molar-refractivity contribution is 0.0238. The number of likely N-dealkylation sites (N-methyl/N-ethyl adjacent to an activating group) is 1. The van der Waals surface area contributed by atoms with Crippen LogP contribution in [0.2, 0.25) is 0 Å². The molecule has 0 heterocycles. The monoisotopic (exact) mass is 310 g/mol. The molecule has 6 nitrogen and oxygen atoms in total. The van der Waals surface area contributed by atoms with Gasteiger partial charge in [0, 0.05) is 20.2 Å². The molecule has 0 aliphatic rings. The van der Waals surface area contributed by atoms with Crippen LogP contribution in [0.25, 0.3) is 0 Å². The van der Waals surface area contributed by atoms with Gasteiger partial charge < -0.3 is 25.2 Å². The van der Waals surface area contributed by atoms with Crippen molar-refractivity contribution in [2.24, 2.45) is 0 Å². The van der Waals surface area contributed by atoms with Gasteiger partial charge in [0.05, 0.1) is 18.2 Å². The number of aliphatic hydroxyl groups is 1. The second-order valence-corrected chi connectivity index (χ2v) is 5.77. The van der Waals surface area contributed by atoms with Gasteiger partial charge in [-0.3, -0.25) is 0 Å². The topological polar surface area (TPSA) is 82.0 Å². The minimum atomic E-state index is -0.853. The zero-order chi connectivity index (χ0) is 16.8. The third-order valence-electron chi connectivity index (χ3n) is 3.54. The summed E-state index contributed by atoms with van der Waals surface area (Å²) < 4.78 is 5.25. The molecule has 0 aromatic heterocycles. The number of rotatable bonds is 7. The molecule has 1 aromatic rings. The zero-order valence-electron chi connectivity index (χ0n) is 13.7. The molecule has 2 amide bonds. The van der Waals surface area contributed by atoms with Gasteiger partial charge in [0.2, 0.25) is 0 Å². The van der Waals surface area contributed by atoms with E-state index in [0.717, 1.165) is 0 Å². The van der Waals surface area contributed by atoms with Crippen molar-refractivity contribution >= 4 is 6.03 Å². The summed E-state index contributed by atoms with van der Waals surface area (Å²) in [7, 11) is 1.59. The molecule has 0 saturated heterocycles. The van der Waals surface area contributed by atoms with Crippen molar-refractivity contribution in [2.45, 2.75) is 32.5 Å². The number of phenolic OH excluding ortho intramolecular Hbond substituents is 1. The Morgan fingerprint density at radius 3 is 2.68 bits per heavy atom. The molecule has 3 N–H and O–H groups in total. The minimum Gasteiger partial charge on any atom is -0.508 e. The van der Waals surface area contributed by atoms with E-state index in [1.54, 1.807) is 19.2 Å². The first-order valence-electron chi connectivity index (χ1n) is 7.34. The minimum absolute atomic E-state index is 0.0888. The standard InChI is InChI=1S/C16H26N2O4/c1-5-18(15(21)17-11-16(2,3)22-4)10-14(20)12-7-6-8-13(19)9-12/h6-9,14,19-20H,5,10-11H2,1-4H3,(H,17,21). The number of aliphatic hydroxyl groups excluding tert-OH is 1. The van der Waals surface area contributed by atoms with Crippen molar-refractivity contribution in [1.82, 2.24) is 10.2 Å². The Morgan fingerprint density at radius 1 is 1.45 bits per heavy atom. The zero-order valence-corrected chi connectivity index (χ0v) is 13.7. The summed E-state index contributed by atoms with van der Waals surface area (Å²) in [5.41, 5.74) is 0.127. The number of amides is 2. The van der Waals surface area contributed by atoms with Gasteiger partial charge in [-0.05, 0) is 38.5 Å². The number of aromatic hydroxyl groups is 1. The lowest BCUT2D eigenvalue weighted by atomic mass is 10.1. The van der Waals surface area contributed by atoms with Gasteiger partial charge in [0.1, 0.15) is 5.75 Å². The van der Waals surface area contributed by atoms with Crippen LogP contribution in [0.3, 0.4) is 0 Å². The molecular formula is C16H26N2O4. The number of carbonyl (C=O) groups excluding carboxylic acids is 1. The Morgan fingerprint density at radius 2 is 2.14 bits per heavy atom. The van der Waals surface area contributed by atoms with Gasteiger partial charge in [-0.25, -0.2) is 4.79 Å². The van der Waals surface area contributed by atoms with Crippen molar-refractivity contribution in [1.29, 1.82) is 0 Å². The largest absolute Gasteiger partial charge is 0.508 e. The lowest BCUT2D eigenvalue weighted by Crippen LogP contribution is -2.47. The van der Waals surface area contributed by atoms with Crippen LogP contribution < -0.4 is 5.32 Å². The quantitative estimate of drug-likeness (QED) is 0.718. The highest BCUT2D eigenvalue weighted by Crippen LogP contribution is 2.19. The number of nitrogens with one attached hydrogen (secondary N) is 1. The molecule has 0 radical (unpaired) electrons. The highest BCUT2D eigenvalue weighted by molar-refractivity contribution is 5.74. The molecular weight excluding hydrogens is 284 g/mol. The summed E-state index contributed by atoms with van der Waals surface area (Å²) in [6.07, 6.45) is -0.853. The molecule has 0 saturated carbocycles. The molecule has 0 spiro atoms. The first-order chi connectivity index (χ1) is 10.3. The van der Waals surface area contributed by atoms with Crippen LogP contribution in [0.15, 0.2) is 24.3 Å². The summed E-state index contributed by atoms with van der Waals surface area (Å²) in [6.45, 7) is 6.60. The van der Waals surface area contributed by atoms with Gasteiger partial charge in [0.25, 0.3) is 0 Å². The molecule has 0 fully saturated rings. The van der Waals surface area contributed by atoms with E-state index in [2.05, 4.69) is 5.32 Å². The second-order valence-electron chi connectivity index (χ2n) is 5.77. The van der Waals surface area contributed by atoms with Gasteiger partial charge in [-0.2, -0.15) is 0 Å². The molecule has 124 valence electrons. The summed E-state index contributed by atoms with van der Waals surface area (Å²) in [5.74, 6) is 0.0888. The fourth-order valence-corrected chi connectivity index (χ4v) is 1.87. The summed E-state index contributed by atoms with van der Waals surface area (Å²) in [5, 5.41) is 22.5. The first kappa shape index (κ1) is 18.3. The molecule has 0 aliphatic carbocycles. The van der Waals surface area contributed by atoms with E-state index in [1.165, 1.54) is 17.0 Å². The number of hydrogen-bond donors (Lipinski definition) is 3. The number of carbonyl (C=O) groups is 1. The average molecular weight is 310 g/mol. The fourth-order valence-electron chi connectivity index (χ4n) is 1.87. The molecule has 1 atom stereocenters. The van der Waals surface area contributed by atoms with Gasteiger partial charge in [-0.15, -0.1) is 0 Å². The van der Waals surface area contributed by atoms with E-state index in [0.29, 0.717) is 18.7 Å². The Labute approximate surface area is 131 Å². The third kappa shape index (κ3) is 5.54. The molecule has 0 aliphatic heterocycles. The van der Waals surface area contributed by atoms with E-state index >= 15 is 0 Å². The predicted molar refractivity (Wildman–Crippen MR) is 84.8 cm³/mol.